The van der Waals surface area contributed by atoms with Crippen LogP contribution >= 0.6 is 0 Å². The van der Waals surface area contributed by atoms with Gasteiger partial charge in [0.25, 0.3) is 0 Å². The topological polar surface area (TPSA) is 41.1 Å². The molecule has 0 fully saturated rings. The number of nitrogens with one attached hydrogen (secondary N) is 2. The Labute approximate surface area is 108 Å². The second-order valence-corrected chi connectivity index (χ2v) is 4.78. The summed E-state index contributed by atoms with van der Waals surface area (Å²) >= 11 is 0. The molecular formula is C15H20N2O. The van der Waals surface area contributed by atoms with Gasteiger partial charge in [0.1, 0.15) is 0 Å². The number of rotatable bonds is 4. The second-order valence-electron chi connectivity index (χ2n) is 4.78. The van der Waals surface area contributed by atoms with Gasteiger partial charge in [-0.3, -0.25) is 4.79 Å². The van der Waals surface area contributed by atoms with Crippen molar-refractivity contribution >= 4 is 11.6 Å². The van der Waals surface area contributed by atoms with Gasteiger partial charge in [0.2, 0.25) is 5.91 Å². The van der Waals surface area contributed by atoms with Gasteiger partial charge in [-0.25, -0.2) is 0 Å². The van der Waals surface area contributed by atoms with Gasteiger partial charge in [0.15, 0.2) is 0 Å². The van der Waals surface area contributed by atoms with E-state index >= 15 is 0 Å². The van der Waals surface area contributed by atoms with Crippen LogP contribution in [0.2, 0.25) is 0 Å². The Bertz CT molecular complexity index is 440. The zero-order valence-electron chi connectivity index (χ0n) is 10.8. The fourth-order valence-electron chi connectivity index (χ4n) is 2.14. The van der Waals surface area contributed by atoms with Gasteiger partial charge in [-0.2, -0.15) is 0 Å². The summed E-state index contributed by atoms with van der Waals surface area (Å²) in [5.41, 5.74) is 2.02. The highest BCUT2D eigenvalue weighted by Crippen LogP contribution is 2.11. The average Bonchev–Trinajstić information content (AvgIpc) is 2.38. The Balaban J connectivity index is 1.76. The molecule has 0 heterocycles. The molecule has 3 nitrogen and oxygen atoms in total. The van der Waals surface area contributed by atoms with Crippen molar-refractivity contribution in [1.82, 2.24) is 5.32 Å². The van der Waals surface area contributed by atoms with Gasteiger partial charge < -0.3 is 10.6 Å². The van der Waals surface area contributed by atoms with E-state index in [4.69, 9.17) is 0 Å². The van der Waals surface area contributed by atoms with Crippen LogP contribution in [-0.4, -0.2) is 18.5 Å². The molecular weight excluding hydrogens is 224 g/mol. The number of carbonyl (C=O) groups is 1. The lowest BCUT2D eigenvalue weighted by Gasteiger charge is -2.19. The maximum Gasteiger partial charge on any atom is 0.238 e. The molecule has 1 amide bonds. The molecule has 1 aliphatic rings. The average molecular weight is 244 g/mol. The molecule has 1 aromatic rings. The van der Waals surface area contributed by atoms with Crippen molar-refractivity contribution in [2.24, 2.45) is 0 Å². The third-order valence-electron chi connectivity index (χ3n) is 3.12. The molecule has 0 radical (unpaired) electrons. The van der Waals surface area contributed by atoms with Crippen molar-refractivity contribution < 1.29 is 4.79 Å². The molecule has 0 bridgehead atoms. The zero-order chi connectivity index (χ0) is 12.8. The molecule has 0 saturated heterocycles. The zero-order valence-corrected chi connectivity index (χ0v) is 10.8. The van der Waals surface area contributed by atoms with Crippen LogP contribution in [0.25, 0.3) is 0 Å². The number of carbonyl (C=O) groups excluding carboxylic acids is 1. The quantitative estimate of drug-likeness (QED) is 0.799. The number of hydrogen-bond donors (Lipinski definition) is 2. The predicted molar refractivity (Wildman–Crippen MR) is 74.6 cm³/mol. The van der Waals surface area contributed by atoms with Gasteiger partial charge >= 0.3 is 0 Å². The number of hydrogen-bond acceptors (Lipinski definition) is 2. The minimum atomic E-state index is 0.0233. The van der Waals surface area contributed by atoms with Crippen molar-refractivity contribution in [3.05, 3.63) is 42.0 Å². The summed E-state index contributed by atoms with van der Waals surface area (Å²) in [5, 5.41) is 6.20. The van der Waals surface area contributed by atoms with Crippen LogP contribution in [0.5, 0.6) is 0 Å². The maximum absolute atomic E-state index is 11.8. The number of benzene rings is 1. The summed E-state index contributed by atoms with van der Waals surface area (Å²) in [7, 11) is 0. The molecule has 0 aromatic heterocycles. The molecule has 2 rings (SSSR count). The number of anilines is 1. The van der Waals surface area contributed by atoms with Crippen molar-refractivity contribution in [2.75, 3.05) is 11.9 Å². The van der Waals surface area contributed by atoms with Crippen LogP contribution in [0.1, 0.15) is 24.8 Å². The highest BCUT2D eigenvalue weighted by atomic mass is 16.1. The lowest BCUT2D eigenvalue weighted by Crippen LogP contribution is -2.36. The highest BCUT2D eigenvalue weighted by Gasteiger charge is 2.10. The lowest BCUT2D eigenvalue weighted by atomic mass is 10.0. The first-order chi connectivity index (χ1) is 8.74. The predicted octanol–water partition coefficient (Wildman–Crippen LogP) is 2.63. The summed E-state index contributed by atoms with van der Waals surface area (Å²) in [5.74, 6) is 0.0233. The number of allylic oxidation sites excluding steroid dienone is 1. The second kappa shape index (κ2) is 6.36. The van der Waals surface area contributed by atoms with E-state index in [1.54, 1.807) is 0 Å². The van der Waals surface area contributed by atoms with Gasteiger partial charge in [-0.1, -0.05) is 24.3 Å². The summed E-state index contributed by atoms with van der Waals surface area (Å²) in [6.07, 6.45) is 7.63. The van der Waals surface area contributed by atoms with E-state index < -0.39 is 0 Å². The molecule has 1 unspecified atom stereocenters. The Morgan fingerprint density at radius 2 is 2.28 bits per heavy atom. The van der Waals surface area contributed by atoms with Crippen LogP contribution in [0.4, 0.5) is 5.69 Å². The summed E-state index contributed by atoms with van der Waals surface area (Å²) in [4.78, 5) is 11.8. The van der Waals surface area contributed by atoms with Gasteiger partial charge in [-0.15, -0.1) is 0 Å². The molecule has 96 valence electrons. The number of aryl methyl sites for hydroxylation is 1. The van der Waals surface area contributed by atoms with E-state index in [0.29, 0.717) is 12.6 Å². The van der Waals surface area contributed by atoms with E-state index in [1.165, 1.54) is 0 Å². The highest BCUT2D eigenvalue weighted by molar-refractivity contribution is 5.92. The minimum Gasteiger partial charge on any atom is -0.325 e. The Hall–Kier alpha value is -1.61. The molecule has 0 spiro atoms. The molecule has 0 saturated carbocycles. The standard InChI is InChI=1S/C15H20N2O/c1-12-6-5-9-14(10-12)17-15(18)11-16-13-7-3-2-4-8-13/h2-3,5-6,9-10,13,16H,4,7-8,11H2,1H3,(H,17,18). The molecule has 1 atom stereocenters. The van der Waals surface area contributed by atoms with Crippen LogP contribution in [0.15, 0.2) is 36.4 Å². The monoisotopic (exact) mass is 244 g/mol. The Morgan fingerprint density at radius 1 is 1.39 bits per heavy atom. The van der Waals surface area contributed by atoms with E-state index in [-0.39, 0.29) is 5.91 Å². The fraction of sp³-hybridized carbons (Fsp3) is 0.400. The third-order valence-corrected chi connectivity index (χ3v) is 3.12. The number of amides is 1. The maximum atomic E-state index is 11.8. The fourth-order valence-corrected chi connectivity index (χ4v) is 2.14. The SMILES string of the molecule is Cc1cccc(NC(=O)CNC2CC=CCC2)c1. The van der Waals surface area contributed by atoms with Crippen molar-refractivity contribution in [3.8, 4) is 0 Å². The van der Waals surface area contributed by atoms with Crippen molar-refractivity contribution in [3.63, 3.8) is 0 Å². The van der Waals surface area contributed by atoms with Crippen LogP contribution < -0.4 is 10.6 Å². The van der Waals surface area contributed by atoms with E-state index in [0.717, 1.165) is 30.5 Å². The molecule has 1 aromatic carbocycles. The van der Waals surface area contributed by atoms with Crippen molar-refractivity contribution in [2.45, 2.75) is 32.2 Å². The molecule has 18 heavy (non-hydrogen) atoms. The van der Waals surface area contributed by atoms with E-state index in [2.05, 4.69) is 22.8 Å². The molecule has 0 aliphatic heterocycles. The van der Waals surface area contributed by atoms with Crippen LogP contribution in [0, 0.1) is 6.92 Å². The first-order valence-corrected chi connectivity index (χ1v) is 6.49. The summed E-state index contributed by atoms with van der Waals surface area (Å²) < 4.78 is 0. The lowest BCUT2D eigenvalue weighted by molar-refractivity contribution is -0.115. The first kappa shape index (κ1) is 12.8. The normalized spacial score (nSPS) is 18.6. The summed E-state index contributed by atoms with van der Waals surface area (Å²) in [6, 6.07) is 8.29. The molecule has 3 heteroatoms. The van der Waals surface area contributed by atoms with E-state index in [9.17, 15) is 4.79 Å². The molecule has 2 N–H and O–H groups in total. The van der Waals surface area contributed by atoms with Crippen molar-refractivity contribution in [1.29, 1.82) is 0 Å². The minimum absolute atomic E-state index is 0.0233. The third kappa shape index (κ3) is 4.00. The van der Waals surface area contributed by atoms with Gasteiger partial charge in [0.05, 0.1) is 6.54 Å². The van der Waals surface area contributed by atoms with Gasteiger partial charge in [0, 0.05) is 11.7 Å². The first-order valence-electron chi connectivity index (χ1n) is 6.49. The van der Waals surface area contributed by atoms with Crippen LogP contribution in [0.3, 0.4) is 0 Å². The van der Waals surface area contributed by atoms with Crippen LogP contribution in [-0.2, 0) is 4.79 Å². The van der Waals surface area contributed by atoms with E-state index in [1.807, 2.05) is 31.2 Å². The van der Waals surface area contributed by atoms with Gasteiger partial charge in [-0.05, 0) is 43.9 Å². The Kier molecular flexibility index (Phi) is 4.53. The summed E-state index contributed by atoms with van der Waals surface area (Å²) in [6.45, 7) is 2.40. The largest absolute Gasteiger partial charge is 0.325 e. The smallest absolute Gasteiger partial charge is 0.238 e. The molecule has 1 aliphatic carbocycles. The Morgan fingerprint density at radius 3 is 3.00 bits per heavy atom.